The van der Waals surface area contributed by atoms with Crippen LogP contribution in [0.25, 0.3) is 0 Å². The molecule has 29 heavy (non-hydrogen) atoms. The van der Waals surface area contributed by atoms with E-state index in [1.165, 1.54) is 0 Å². The minimum absolute atomic E-state index is 0.00738. The Kier molecular flexibility index (Phi) is 6.32. The van der Waals surface area contributed by atoms with Gasteiger partial charge >= 0.3 is 0 Å². The number of hydrogen-bond donors (Lipinski definition) is 0. The monoisotopic (exact) mass is 390 g/mol. The van der Waals surface area contributed by atoms with E-state index in [4.69, 9.17) is 4.74 Å². The molecule has 1 saturated heterocycles. The molecule has 6 heteroatoms. The summed E-state index contributed by atoms with van der Waals surface area (Å²) in [4.78, 5) is 23.4. The zero-order chi connectivity index (χ0) is 19.9. The fraction of sp³-hybridized carbons (Fsp3) is 0.348. The molecule has 1 aliphatic heterocycles. The maximum atomic E-state index is 12.8. The number of piperidine rings is 1. The van der Waals surface area contributed by atoms with Crippen molar-refractivity contribution >= 4 is 5.78 Å². The fourth-order valence-corrected chi connectivity index (χ4v) is 3.83. The van der Waals surface area contributed by atoms with Gasteiger partial charge in [-0.25, -0.2) is 4.98 Å². The van der Waals surface area contributed by atoms with E-state index in [1.807, 2.05) is 47.2 Å². The van der Waals surface area contributed by atoms with Crippen LogP contribution < -0.4 is 4.74 Å². The number of rotatable bonds is 8. The van der Waals surface area contributed by atoms with Crippen molar-refractivity contribution in [1.29, 1.82) is 0 Å². The molecule has 1 aromatic carbocycles. The van der Waals surface area contributed by atoms with E-state index in [0.29, 0.717) is 12.3 Å². The molecule has 0 radical (unpaired) electrons. The van der Waals surface area contributed by atoms with Crippen molar-refractivity contribution in [3.05, 3.63) is 78.6 Å². The quantitative estimate of drug-likeness (QED) is 0.552. The lowest BCUT2D eigenvalue weighted by atomic mass is 9.91. The molecule has 1 aliphatic rings. The number of pyridine rings is 1. The maximum Gasteiger partial charge on any atom is 0.185 e. The normalized spacial score (nSPS) is 17.2. The molecule has 0 bridgehead atoms. The Balaban J connectivity index is 1.36. The molecule has 1 atom stereocenters. The number of para-hydroxylation sites is 1. The van der Waals surface area contributed by atoms with Crippen molar-refractivity contribution in [3.8, 4) is 5.75 Å². The smallest absolute Gasteiger partial charge is 0.185 e. The third-order valence-electron chi connectivity index (χ3n) is 5.33. The van der Waals surface area contributed by atoms with Crippen molar-refractivity contribution in [2.24, 2.45) is 5.92 Å². The first-order valence-corrected chi connectivity index (χ1v) is 10.1. The van der Waals surface area contributed by atoms with E-state index >= 15 is 0 Å². The number of hydrogen-bond acceptors (Lipinski definition) is 5. The Morgan fingerprint density at radius 1 is 1.14 bits per heavy atom. The second kappa shape index (κ2) is 9.47. The molecule has 3 aromatic rings. The second-order valence-electron chi connectivity index (χ2n) is 7.41. The van der Waals surface area contributed by atoms with Crippen LogP contribution in [-0.2, 0) is 13.1 Å². The van der Waals surface area contributed by atoms with Gasteiger partial charge in [-0.1, -0.05) is 24.3 Å². The molecule has 2 aromatic heterocycles. The summed E-state index contributed by atoms with van der Waals surface area (Å²) in [5, 5.41) is 0. The highest BCUT2D eigenvalue weighted by atomic mass is 16.5. The molecule has 4 rings (SSSR count). The van der Waals surface area contributed by atoms with Crippen LogP contribution in [0.5, 0.6) is 5.75 Å². The molecule has 1 fully saturated rings. The Morgan fingerprint density at radius 2 is 2.03 bits per heavy atom. The van der Waals surface area contributed by atoms with Gasteiger partial charge in [0.15, 0.2) is 5.78 Å². The molecule has 0 aliphatic carbocycles. The van der Waals surface area contributed by atoms with Gasteiger partial charge in [0, 0.05) is 43.2 Å². The van der Waals surface area contributed by atoms with Gasteiger partial charge in [-0.2, -0.15) is 0 Å². The minimum Gasteiger partial charge on any atom is -0.491 e. The van der Waals surface area contributed by atoms with E-state index < -0.39 is 0 Å². The van der Waals surface area contributed by atoms with E-state index in [9.17, 15) is 4.79 Å². The number of aromatic nitrogens is 3. The summed E-state index contributed by atoms with van der Waals surface area (Å²) in [6, 6.07) is 13.7. The third-order valence-corrected chi connectivity index (χ3v) is 5.33. The number of Topliss-reactive ketones (excluding diaryl/α,β-unsaturated/α-hetero) is 1. The van der Waals surface area contributed by atoms with Crippen LogP contribution in [0.4, 0.5) is 0 Å². The number of likely N-dealkylation sites (tertiary alicyclic amines) is 1. The van der Waals surface area contributed by atoms with Gasteiger partial charge in [0.2, 0.25) is 0 Å². The van der Waals surface area contributed by atoms with E-state index in [0.717, 1.165) is 50.3 Å². The highest BCUT2D eigenvalue weighted by Crippen LogP contribution is 2.25. The van der Waals surface area contributed by atoms with Crippen LogP contribution in [0.2, 0.25) is 0 Å². The number of ketones is 1. The topological polar surface area (TPSA) is 60.3 Å². The molecule has 0 amide bonds. The molecule has 6 nitrogen and oxygen atoms in total. The predicted molar refractivity (Wildman–Crippen MR) is 111 cm³/mol. The molecule has 0 saturated carbocycles. The van der Waals surface area contributed by atoms with Crippen molar-refractivity contribution in [2.75, 3.05) is 19.7 Å². The molecular formula is C23H26N4O2. The predicted octanol–water partition coefficient (Wildman–Crippen LogP) is 3.45. The maximum absolute atomic E-state index is 12.8. The number of benzene rings is 1. The zero-order valence-corrected chi connectivity index (χ0v) is 16.5. The summed E-state index contributed by atoms with van der Waals surface area (Å²) in [5.74, 6) is 1.07. The summed E-state index contributed by atoms with van der Waals surface area (Å²) >= 11 is 0. The fourth-order valence-electron chi connectivity index (χ4n) is 3.83. The summed E-state index contributed by atoms with van der Waals surface area (Å²) in [6.45, 7) is 3.90. The second-order valence-corrected chi connectivity index (χ2v) is 7.41. The lowest BCUT2D eigenvalue weighted by Gasteiger charge is -2.32. The largest absolute Gasteiger partial charge is 0.491 e. The summed E-state index contributed by atoms with van der Waals surface area (Å²) in [5.41, 5.74) is 1.73. The van der Waals surface area contributed by atoms with Crippen molar-refractivity contribution in [2.45, 2.75) is 25.9 Å². The van der Waals surface area contributed by atoms with Gasteiger partial charge in [0.05, 0.1) is 12.9 Å². The van der Waals surface area contributed by atoms with Gasteiger partial charge in [0.25, 0.3) is 0 Å². The van der Waals surface area contributed by atoms with Crippen LogP contribution >= 0.6 is 0 Å². The van der Waals surface area contributed by atoms with E-state index in [-0.39, 0.29) is 11.7 Å². The first kappa shape index (κ1) is 19.3. The zero-order valence-electron chi connectivity index (χ0n) is 16.5. The van der Waals surface area contributed by atoms with Crippen molar-refractivity contribution in [1.82, 2.24) is 19.4 Å². The highest BCUT2D eigenvalue weighted by Gasteiger charge is 2.27. The van der Waals surface area contributed by atoms with Crippen LogP contribution in [0.15, 0.2) is 67.4 Å². The van der Waals surface area contributed by atoms with Crippen LogP contribution in [0.3, 0.4) is 0 Å². The summed E-state index contributed by atoms with van der Waals surface area (Å²) in [7, 11) is 0. The molecule has 0 N–H and O–H groups in total. The lowest BCUT2D eigenvalue weighted by Crippen LogP contribution is -2.38. The highest BCUT2D eigenvalue weighted by molar-refractivity contribution is 5.96. The Hall–Kier alpha value is -2.99. The van der Waals surface area contributed by atoms with Crippen molar-refractivity contribution < 1.29 is 9.53 Å². The number of nitrogens with zero attached hydrogens (tertiary/aromatic N) is 4. The Bertz CT molecular complexity index is 912. The third kappa shape index (κ3) is 5.09. The first-order valence-electron chi connectivity index (χ1n) is 10.1. The first-order chi connectivity index (χ1) is 14.3. The van der Waals surface area contributed by atoms with Gasteiger partial charge in [0.1, 0.15) is 18.1 Å². The van der Waals surface area contributed by atoms with Gasteiger partial charge in [-0.15, -0.1) is 0 Å². The molecule has 150 valence electrons. The molecule has 0 spiro atoms. The SMILES string of the molecule is O=C(c1ccccn1)C1CCCN(Cc2ccccc2OCCn2ccnc2)C1. The molecule has 3 heterocycles. The van der Waals surface area contributed by atoms with Gasteiger partial charge in [-0.05, 0) is 37.6 Å². The molecular weight excluding hydrogens is 364 g/mol. The number of ether oxygens (including phenoxy) is 1. The average molecular weight is 390 g/mol. The Morgan fingerprint density at radius 3 is 2.86 bits per heavy atom. The van der Waals surface area contributed by atoms with E-state index in [2.05, 4.69) is 20.9 Å². The Labute approximate surface area is 171 Å². The minimum atomic E-state index is 0.00738. The van der Waals surface area contributed by atoms with Crippen LogP contribution in [-0.4, -0.2) is 44.9 Å². The van der Waals surface area contributed by atoms with Crippen molar-refractivity contribution in [3.63, 3.8) is 0 Å². The van der Waals surface area contributed by atoms with Crippen LogP contribution in [0.1, 0.15) is 28.9 Å². The summed E-state index contributed by atoms with van der Waals surface area (Å²) < 4.78 is 8.04. The van der Waals surface area contributed by atoms with Gasteiger partial charge in [-0.3, -0.25) is 14.7 Å². The molecule has 1 unspecified atom stereocenters. The summed E-state index contributed by atoms with van der Waals surface area (Å²) in [6.07, 6.45) is 9.13. The van der Waals surface area contributed by atoms with Gasteiger partial charge < -0.3 is 9.30 Å². The number of carbonyl (C=O) groups excluding carboxylic acids is 1. The van der Waals surface area contributed by atoms with Crippen LogP contribution in [0, 0.1) is 5.92 Å². The average Bonchev–Trinajstić information content (AvgIpc) is 3.29. The number of imidazole rings is 1. The number of carbonyl (C=O) groups is 1. The van der Waals surface area contributed by atoms with E-state index in [1.54, 1.807) is 18.7 Å². The lowest BCUT2D eigenvalue weighted by molar-refractivity contribution is 0.0805. The standard InChI is InChI=1S/C23H26N4O2/c28-23(21-8-3-4-10-25-21)20-7-5-12-27(17-20)16-19-6-1-2-9-22(19)29-15-14-26-13-11-24-18-26/h1-4,6,8-11,13,18,20H,5,7,12,14-17H2.